The molecule has 0 spiro atoms. The zero-order valence-electron chi connectivity index (χ0n) is 9.98. The number of imidazole rings is 1. The maximum absolute atomic E-state index is 12.0. The van der Waals surface area contributed by atoms with Gasteiger partial charge in [0.1, 0.15) is 6.04 Å². The average molecular weight is 245 g/mol. The molecule has 5 nitrogen and oxygen atoms in total. The van der Waals surface area contributed by atoms with Gasteiger partial charge >= 0.3 is 5.69 Å². The molecule has 1 aliphatic rings. The third-order valence-electron chi connectivity index (χ3n) is 3.44. The number of benzene rings is 1. The van der Waals surface area contributed by atoms with Gasteiger partial charge < -0.3 is 10.3 Å². The Balaban J connectivity index is 2.15. The van der Waals surface area contributed by atoms with Gasteiger partial charge in [-0.15, -0.1) is 0 Å². The Bertz CT molecular complexity index is 641. The van der Waals surface area contributed by atoms with Gasteiger partial charge in [0.25, 0.3) is 0 Å². The fourth-order valence-corrected chi connectivity index (χ4v) is 2.55. The van der Waals surface area contributed by atoms with Crippen molar-refractivity contribution in [2.45, 2.75) is 25.3 Å². The van der Waals surface area contributed by atoms with E-state index >= 15 is 0 Å². The lowest BCUT2D eigenvalue weighted by Gasteiger charge is -2.14. The zero-order chi connectivity index (χ0) is 12.5. The van der Waals surface area contributed by atoms with E-state index in [2.05, 4.69) is 10.3 Å². The van der Waals surface area contributed by atoms with Gasteiger partial charge in [-0.05, 0) is 31.4 Å². The van der Waals surface area contributed by atoms with E-state index in [1.165, 1.54) is 0 Å². The standard InChI is InChI=1S/C13H15N3O2/c17-12-11(7-3-4-8-14-12)16-10-6-2-1-5-9(10)15-13(16)18/h1-2,5-6,11H,3-4,7-8H2,(H,14,17)(H,15,18). The van der Waals surface area contributed by atoms with Gasteiger partial charge in [0.05, 0.1) is 11.0 Å². The van der Waals surface area contributed by atoms with Crippen molar-refractivity contribution in [1.82, 2.24) is 14.9 Å². The van der Waals surface area contributed by atoms with Crippen LogP contribution in [-0.4, -0.2) is 22.0 Å². The molecule has 1 amide bonds. The van der Waals surface area contributed by atoms with Gasteiger partial charge in [0.15, 0.2) is 0 Å². The van der Waals surface area contributed by atoms with Crippen LogP contribution in [0.5, 0.6) is 0 Å². The minimum absolute atomic E-state index is 0.0562. The smallest absolute Gasteiger partial charge is 0.327 e. The number of amides is 1. The number of hydrogen-bond donors (Lipinski definition) is 2. The molecule has 3 rings (SSSR count). The summed E-state index contributed by atoms with van der Waals surface area (Å²) < 4.78 is 1.58. The van der Waals surface area contributed by atoms with E-state index in [-0.39, 0.29) is 11.6 Å². The van der Waals surface area contributed by atoms with Crippen molar-refractivity contribution < 1.29 is 4.79 Å². The van der Waals surface area contributed by atoms with E-state index in [0.717, 1.165) is 23.9 Å². The highest BCUT2D eigenvalue weighted by Crippen LogP contribution is 2.21. The summed E-state index contributed by atoms with van der Waals surface area (Å²) in [6.07, 6.45) is 2.64. The molecule has 2 heterocycles. The van der Waals surface area contributed by atoms with Crippen molar-refractivity contribution in [2.24, 2.45) is 0 Å². The SMILES string of the molecule is O=C1NCCCCC1n1c(=O)[nH]c2ccccc21. The minimum atomic E-state index is -0.392. The monoisotopic (exact) mass is 245 g/mol. The lowest BCUT2D eigenvalue weighted by atomic mass is 10.1. The second kappa shape index (κ2) is 4.33. The molecule has 1 fully saturated rings. The predicted octanol–water partition coefficient (Wildman–Crippen LogP) is 1.17. The fourth-order valence-electron chi connectivity index (χ4n) is 2.55. The maximum Gasteiger partial charge on any atom is 0.327 e. The van der Waals surface area contributed by atoms with Crippen LogP contribution < -0.4 is 11.0 Å². The number of aromatic amines is 1. The quantitative estimate of drug-likeness (QED) is 0.792. The molecular weight excluding hydrogens is 230 g/mol. The van der Waals surface area contributed by atoms with Gasteiger partial charge in [-0.25, -0.2) is 4.79 Å². The molecule has 2 aromatic rings. The second-order valence-electron chi connectivity index (χ2n) is 4.62. The molecule has 18 heavy (non-hydrogen) atoms. The number of aromatic nitrogens is 2. The van der Waals surface area contributed by atoms with Crippen LogP contribution in [0.3, 0.4) is 0 Å². The van der Waals surface area contributed by atoms with Crippen LogP contribution in [0.2, 0.25) is 0 Å². The summed E-state index contributed by atoms with van der Waals surface area (Å²) in [7, 11) is 0. The third kappa shape index (κ3) is 1.72. The van der Waals surface area contributed by atoms with Crippen molar-refractivity contribution in [3.8, 4) is 0 Å². The van der Waals surface area contributed by atoms with Crippen molar-refractivity contribution in [2.75, 3.05) is 6.54 Å². The highest BCUT2D eigenvalue weighted by Gasteiger charge is 2.25. The summed E-state index contributed by atoms with van der Waals surface area (Å²) in [6.45, 7) is 0.701. The number of H-pyrrole nitrogens is 1. The van der Waals surface area contributed by atoms with Gasteiger partial charge in [-0.3, -0.25) is 9.36 Å². The Morgan fingerprint density at radius 3 is 2.89 bits per heavy atom. The topological polar surface area (TPSA) is 66.9 Å². The van der Waals surface area contributed by atoms with E-state index in [9.17, 15) is 9.59 Å². The third-order valence-corrected chi connectivity index (χ3v) is 3.44. The molecule has 1 unspecified atom stereocenters. The van der Waals surface area contributed by atoms with Crippen LogP contribution in [-0.2, 0) is 4.79 Å². The van der Waals surface area contributed by atoms with Crippen LogP contribution in [0.1, 0.15) is 25.3 Å². The molecule has 0 aliphatic carbocycles. The van der Waals surface area contributed by atoms with E-state index in [1.807, 2.05) is 24.3 Å². The van der Waals surface area contributed by atoms with Gasteiger partial charge in [0.2, 0.25) is 5.91 Å². The van der Waals surface area contributed by atoms with Gasteiger partial charge in [-0.2, -0.15) is 0 Å². The number of carbonyl (C=O) groups excluding carboxylic acids is 1. The summed E-state index contributed by atoms with van der Waals surface area (Å²) >= 11 is 0. The zero-order valence-corrected chi connectivity index (χ0v) is 9.98. The number of carbonyl (C=O) groups is 1. The number of rotatable bonds is 1. The molecule has 1 aromatic heterocycles. The first-order valence-electron chi connectivity index (χ1n) is 6.24. The van der Waals surface area contributed by atoms with Crippen molar-refractivity contribution in [1.29, 1.82) is 0 Å². The first-order valence-corrected chi connectivity index (χ1v) is 6.24. The maximum atomic E-state index is 12.0. The highest BCUT2D eigenvalue weighted by atomic mass is 16.2. The lowest BCUT2D eigenvalue weighted by Crippen LogP contribution is -2.35. The van der Waals surface area contributed by atoms with Crippen LogP contribution in [0.15, 0.2) is 29.1 Å². The molecule has 0 radical (unpaired) electrons. The van der Waals surface area contributed by atoms with Crippen LogP contribution in [0, 0.1) is 0 Å². The summed E-state index contributed by atoms with van der Waals surface area (Å²) in [6, 6.07) is 7.07. The van der Waals surface area contributed by atoms with Crippen molar-refractivity contribution >= 4 is 16.9 Å². The van der Waals surface area contributed by atoms with Gasteiger partial charge in [-0.1, -0.05) is 12.1 Å². The second-order valence-corrected chi connectivity index (χ2v) is 4.62. The Morgan fingerprint density at radius 2 is 2.00 bits per heavy atom. The normalized spacial score (nSPS) is 20.7. The van der Waals surface area contributed by atoms with Crippen LogP contribution in [0.25, 0.3) is 11.0 Å². The number of nitrogens with one attached hydrogen (secondary N) is 2. The first kappa shape index (κ1) is 11.1. The Kier molecular flexibility index (Phi) is 2.66. The van der Waals surface area contributed by atoms with E-state index in [4.69, 9.17) is 0 Å². The predicted molar refractivity (Wildman–Crippen MR) is 68.5 cm³/mol. The lowest BCUT2D eigenvalue weighted by molar-refractivity contribution is -0.124. The molecule has 2 N–H and O–H groups in total. The molecule has 1 atom stereocenters. The van der Waals surface area contributed by atoms with E-state index in [1.54, 1.807) is 4.57 Å². The Morgan fingerprint density at radius 1 is 1.17 bits per heavy atom. The molecule has 1 aliphatic heterocycles. The number of fused-ring (bicyclic) bond motifs is 1. The van der Waals surface area contributed by atoms with E-state index in [0.29, 0.717) is 13.0 Å². The largest absolute Gasteiger partial charge is 0.354 e. The van der Waals surface area contributed by atoms with Crippen molar-refractivity contribution in [3.63, 3.8) is 0 Å². The Hall–Kier alpha value is -2.04. The van der Waals surface area contributed by atoms with Gasteiger partial charge in [0, 0.05) is 6.54 Å². The first-order chi connectivity index (χ1) is 8.77. The summed E-state index contributed by atoms with van der Waals surface area (Å²) in [5, 5.41) is 2.86. The summed E-state index contributed by atoms with van der Waals surface area (Å²) in [5.41, 5.74) is 1.36. The molecular formula is C13H15N3O2. The molecule has 5 heteroatoms. The molecule has 94 valence electrons. The summed E-state index contributed by atoms with van der Waals surface area (Å²) in [5.74, 6) is -0.0562. The van der Waals surface area contributed by atoms with Crippen LogP contribution in [0.4, 0.5) is 0 Å². The number of para-hydroxylation sites is 2. The molecule has 1 aromatic carbocycles. The number of nitrogens with zero attached hydrogens (tertiary/aromatic N) is 1. The number of hydrogen-bond acceptors (Lipinski definition) is 2. The summed E-state index contributed by atoms with van der Waals surface area (Å²) in [4.78, 5) is 26.8. The minimum Gasteiger partial charge on any atom is -0.354 e. The highest BCUT2D eigenvalue weighted by molar-refractivity contribution is 5.84. The molecule has 0 bridgehead atoms. The van der Waals surface area contributed by atoms with Crippen LogP contribution >= 0.6 is 0 Å². The molecule has 1 saturated heterocycles. The van der Waals surface area contributed by atoms with E-state index < -0.39 is 6.04 Å². The average Bonchev–Trinajstić information content (AvgIpc) is 2.55. The Labute approximate surface area is 104 Å². The fraction of sp³-hybridized carbons (Fsp3) is 0.385. The molecule has 0 saturated carbocycles. The van der Waals surface area contributed by atoms with Crippen molar-refractivity contribution in [3.05, 3.63) is 34.7 Å².